The molecule has 1 atom stereocenters. The minimum atomic E-state index is 0.287. The van der Waals surface area contributed by atoms with Crippen LogP contribution >= 0.6 is 35.0 Å². The SMILES string of the molecule is COc1cc(OC)c(Cl)c(-c2cc3cnc(SC)nc3c(N[C@H](C)C3CC3)n2)c1Cl. The van der Waals surface area contributed by atoms with Gasteiger partial charge in [0, 0.05) is 29.3 Å². The van der Waals surface area contributed by atoms with Crippen LogP contribution in [0.4, 0.5) is 5.82 Å². The van der Waals surface area contributed by atoms with Crippen LogP contribution in [0, 0.1) is 5.92 Å². The van der Waals surface area contributed by atoms with E-state index in [1.807, 2.05) is 12.3 Å². The number of hydrogen-bond donors (Lipinski definition) is 1. The first-order valence-corrected chi connectivity index (χ1v) is 11.5. The molecule has 0 aliphatic heterocycles. The number of fused-ring (bicyclic) bond motifs is 1. The zero-order valence-electron chi connectivity index (χ0n) is 17.1. The Bertz CT molecular complexity index is 1080. The highest BCUT2D eigenvalue weighted by molar-refractivity contribution is 7.98. The summed E-state index contributed by atoms with van der Waals surface area (Å²) < 4.78 is 10.8. The fourth-order valence-electron chi connectivity index (χ4n) is 3.39. The van der Waals surface area contributed by atoms with Crippen molar-refractivity contribution in [1.29, 1.82) is 0 Å². The van der Waals surface area contributed by atoms with Crippen LogP contribution < -0.4 is 14.8 Å². The number of nitrogens with zero attached hydrogens (tertiary/aromatic N) is 3. The van der Waals surface area contributed by atoms with E-state index in [1.165, 1.54) is 24.6 Å². The molecule has 9 heteroatoms. The fourth-order valence-corrected chi connectivity index (χ4v) is 4.43. The predicted octanol–water partition coefficient (Wildman–Crippen LogP) is 5.95. The smallest absolute Gasteiger partial charge is 0.187 e. The van der Waals surface area contributed by atoms with E-state index in [0.29, 0.717) is 49.7 Å². The molecular formula is C21H22Cl2N4O2S. The lowest BCUT2D eigenvalue weighted by Crippen LogP contribution is -2.19. The molecule has 1 fully saturated rings. The molecule has 6 nitrogen and oxygen atoms in total. The van der Waals surface area contributed by atoms with Crippen LogP contribution in [0.1, 0.15) is 19.8 Å². The van der Waals surface area contributed by atoms with Gasteiger partial charge < -0.3 is 14.8 Å². The Hall–Kier alpha value is -1.96. The molecular weight excluding hydrogens is 443 g/mol. The number of aromatic nitrogens is 3. The number of anilines is 1. The van der Waals surface area contributed by atoms with Crippen LogP contribution in [0.25, 0.3) is 22.2 Å². The normalized spacial score (nSPS) is 14.6. The van der Waals surface area contributed by atoms with Crippen molar-refractivity contribution in [3.05, 3.63) is 28.4 Å². The molecule has 1 saturated carbocycles. The van der Waals surface area contributed by atoms with E-state index in [2.05, 4.69) is 22.2 Å². The van der Waals surface area contributed by atoms with Gasteiger partial charge in [-0.25, -0.2) is 15.0 Å². The van der Waals surface area contributed by atoms with Gasteiger partial charge in [-0.05, 0) is 38.0 Å². The van der Waals surface area contributed by atoms with Gasteiger partial charge in [0.15, 0.2) is 11.0 Å². The number of benzene rings is 1. The third-order valence-corrected chi connectivity index (χ3v) is 6.56. The molecule has 2 aromatic heterocycles. The summed E-state index contributed by atoms with van der Waals surface area (Å²) in [4.78, 5) is 14.0. The minimum absolute atomic E-state index is 0.287. The minimum Gasteiger partial charge on any atom is -0.495 e. The Morgan fingerprint density at radius 3 is 2.33 bits per heavy atom. The second-order valence-corrected chi connectivity index (χ2v) is 8.73. The van der Waals surface area contributed by atoms with Gasteiger partial charge in [0.05, 0.1) is 30.0 Å². The van der Waals surface area contributed by atoms with Gasteiger partial charge in [-0.15, -0.1) is 0 Å². The Labute approximate surface area is 189 Å². The summed E-state index contributed by atoms with van der Waals surface area (Å²) in [6.45, 7) is 2.17. The maximum atomic E-state index is 6.64. The highest BCUT2D eigenvalue weighted by Gasteiger charge is 2.29. The zero-order chi connectivity index (χ0) is 21.4. The van der Waals surface area contributed by atoms with Crippen LogP contribution in [-0.4, -0.2) is 41.5 Å². The van der Waals surface area contributed by atoms with Crippen molar-refractivity contribution in [2.24, 2.45) is 5.92 Å². The van der Waals surface area contributed by atoms with E-state index in [1.54, 1.807) is 26.5 Å². The van der Waals surface area contributed by atoms with E-state index in [-0.39, 0.29) is 6.04 Å². The van der Waals surface area contributed by atoms with E-state index in [0.717, 1.165) is 10.9 Å². The summed E-state index contributed by atoms with van der Waals surface area (Å²) in [6.07, 6.45) is 6.19. The molecule has 158 valence electrons. The number of rotatable bonds is 7. The van der Waals surface area contributed by atoms with Crippen molar-refractivity contribution in [2.75, 3.05) is 25.8 Å². The maximum Gasteiger partial charge on any atom is 0.187 e. The third kappa shape index (κ3) is 3.98. The van der Waals surface area contributed by atoms with Crippen LogP contribution in [-0.2, 0) is 0 Å². The molecule has 3 aromatic rings. The lowest BCUT2D eigenvalue weighted by atomic mass is 10.1. The van der Waals surface area contributed by atoms with E-state index >= 15 is 0 Å². The average Bonchev–Trinajstić information content (AvgIpc) is 3.59. The molecule has 0 saturated heterocycles. The molecule has 0 bridgehead atoms. The summed E-state index contributed by atoms with van der Waals surface area (Å²) in [6, 6.07) is 3.84. The zero-order valence-corrected chi connectivity index (χ0v) is 19.5. The molecule has 1 aromatic carbocycles. The van der Waals surface area contributed by atoms with Crippen LogP contribution in [0.2, 0.25) is 10.0 Å². The van der Waals surface area contributed by atoms with Crippen molar-refractivity contribution in [2.45, 2.75) is 31.0 Å². The van der Waals surface area contributed by atoms with Gasteiger partial charge in [0.1, 0.15) is 17.0 Å². The quantitative estimate of drug-likeness (QED) is 0.342. The van der Waals surface area contributed by atoms with Gasteiger partial charge in [0.25, 0.3) is 0 Å². The molecule has 2 heterocycles. The molecule has 0 unspecified atom stereocenters. The molecule has 30 heavy (non-hydrogen) atoms. The van der Waals surface area contributed by atoms with E-state index in [9.17, 15) is 0 Å². The standard InChI is InChI=1S/C21H22Cl2N4O2S/c1-10(11-5-6-11)25-20-19-12(9-24-21(27-19)30-4)7-13(26-20)16-17(22)14(28-2)8-15(29-3)18(16)23/h7-11H,5-6H2,1-4H3,(H,25,26)/t10-/m1/s1. The van der Waals surface area contributed by atoms with Gasteiger partial charge in [-0.3, -0.25) is 0 Å². The average molecular weight is 465 g/mol. The van der Waals surface area contributed by atoms with Gasteiger partial charge in [-0.2, -0.15) is 0 Å². The van der Waals surface area contributed by atoms with Crippen molar-refractivity contribution in [3.8, 4) is 22.8 Å². The topological polar surface area (TPSA) is 69.2 Å². The lowest BCUT2D eigenvalue weighted by molar-refractivity contribution is 0.395. The monoisotopic (exact) mass is 464 g/mol. The molecule has 0 amide bonds. The number of thioether (sulfide) groups is 1. The van der Waals surface area contributed by atoms with Crippen molar-refractivity contribution in [3.63, 3.8) is 0 Å². The number of methoxy groups -OCH3 is 2. The predicted molar refractivity (Wildman–Crippen MR) is 123 cm³/mol. The first-order chi connectivity index (χ1) is 14.5. The van der Waals surface area contributed by atoms with Crippen molar-refractivity contribution >= 4 is 51.7 Å². The third-order valence-electron chi connectivity index (χ3n) is 5.25. The largest absolute Gasteiger partial charge is 0.495 e. The highest BCUT2D eigenvalue weighted by Crippen LogP contribution is 2.46. The van der Waals surface area contributed by atoms with Crippen LogP contribution in [0.15, 0.2) is 23.5 Å². The Morgan fingerprint density at radius 2 is 1.77 bits per heavy atom. The second kappa shape index (κ2) is 8.65. The van der Waals surface area contributed by atoms with E-state index in [4.69, 9.17) is 37.7 Å². The van der Waals surface area contributed by atoms with Crippen molar-refractivity contribution < 1.29 is 9.47 Å². The molecule has 0 spiro atoms. The molecule has 0 radical (unpaired) electrons. The Kier molecular flexibility index (Phi) is 6.14. The summed E-state index contributed by atoms with van der Waals surface area (Å²) in [5.74, 6) is 2.26. The highest BCUT2D eigenvalue weighted by atomic mass is 35.5. The Balaban J connectivity index is 1.94. The van der Waals surface area contributed by atoms with Gasteiger partial charge in [-0.1, -0.05) is 35.0 Å². The number of pyridine rings is 1. The first kappa shape index (κ1) is 21.3. The number of halogens is 2. The molecule has 4 rings (SSSR count). The summed E-state index contributed by atoms with van der Waals surface area (Å²) in [5.41, 5.74) is 1.92. The Morgan fingerprint density at radius 1 is 1.10 bits per heavy atom. The van der Waals surface area contributed by atoms with Crippen molar-refractivity contribution in [1.82, 2.24) is 15.0 Å². The summed E-state index contributed by atoms with van der Waals surface area (Å²) >= 11 is 14.8. The van der Waals surface area contributed by atoms with Gasteiger partial charge >= 0.3 is 0 Å². The summed E-state index contributed by atoms with van der Waals surface area (Å²) in [5, 5.41) is 5.83. The van der Waals surface area contributed by atoms with E-state index < -0.39 is 0 Å². The second-order valence-electron chi connectivity index (χ2n) is 7.21. The number of ether oxygens (including phenoxy) is 2. The van der Waals surface area contributed by atoms with Gasteiger partial charge in [0.2, 0.25) is 0 Å². The summed E-state index contributed by atoms with van der Waals surface area (Å²) in [7, 11) is 3.10. The molecule has 1 N–H and O–H groups in total. The molecule has 1 aliphatic rings. The number of hydrogen-bond acceptors (Lipinski definition) is 7. The maximum absolute atomic E-state index is 6.64. The number of nitrogens with one attached hydrogen (secondary N) is 1. The molecule has 1 aliphatic carbocycles. The fraction of sp³-hybridized carbons (Fsp3) is 0.381. The lowest BCUT2D eigenvalue weighted by Gasteiger charge is -2.18. The van der Waals surface area contributed by atoms with Crippen LogP contribution in [0.3, 0.4) is 0 Å². The van der Waals surface area contributed by atoms with Crippen LogP contribution in [0.5, 0.6) is 11.5 Å². The first-order valence-electron chi connectivity index (χ1n) is 9.55.